The van der Waals surface area contributed by atoms with Gasteiger partial charge >= 0.3 is 0 Å². The zero-order valence-corrected chi connectivity index (χ0v) is 37.3. The van der Waals surface area contributed by atoms with Crippen molar-refractivity contribution in [1.29, 1.82) is 0 Å². The average molecular weight is 865 g/mol. The Kier molecular flexibility index (Phi) is 9.54. The summed E-state index contributed by atoms with van der Waals surface area (Å²) in [4.78, 5) is 2.39. The van der Waals surface area contributed by atoms with E-state index in [1.165, 1.54) is 93.1 Å². The van der Waals surface area contributed by atoms with Crippen LogP contribution in [0.4, 0.5) is 17.1 Å². The molecule has 0 fully saturated rings. The number of benzene rings is 12. The van der Waals surface area contributed by atoms with E-state index in [1.54, 1.807) is 0 Å². The van der Waals surface area contributed by atoms with Gasteiger partial charge in [0.1, 0.15) is 0 Å². The lowest BCUT2D eigenvalue weighted by molar-refractivity contribution is 1.19. The molecule has 0 N–H and O–H groups in total. The van der Waals surface area contributed by atoms with Crippen molar-refractivity contribution in [2.45, 2.75) is 0 Å². The molecule has 2 heteroatoms. The highest BCUT2D eigenvalue weighted by Gasteiger charge is 2.20. The van der Waals surface area contributed by atoms with Crippen molar-refractivity contribution < 1.29 is 0 Å². The molecule has 0 unspecified atom stereocenters. The van der Waals surface area contributed by atoms with E-state index >= 15 is 0 Å². The molecular formula is C66H44N2. The number of anilines is 3. The van der Waals surface area contributed by atoms with E-state index in [-0.39, 0.29) is 0 Å². The first kappa shape index (κ1) is 39.4. The topological polar surface area (TPSA) is 8.17 Å². The Hall–Kier alpha value is -8.98. The Morgan fingerprint density at radius 2 is 0.750 bits per heavy atom. The van der Waals surface area contributed by atoms with Crippen LogP contribution in [0.5, 0.6) is 0 Å². The van der Waals surface area contributed by atoms with Crippen LogP contribution in [0, 0.1) is 0 Å². The standard InChI is InChI=1S/C66H44N2/c1-3-13-45(14-4-1)46-25-27-47(28-26-46)48-31-37-56(38-32-48)67(57-39-33-49(34-40-57)52-36-41-60-54(43-52)30-29-50-15-7-9-21-59(50)60)58-20-11-17-53(44-58)61-23-12-24-64-65(61)63-42-35-51-16-8-10-22-62(51)66(63)68(64)55-18-5-2-6-19-55/h1-44H. The third-order valence-corrected chi connectivity index (χ3v) is 13.8. The van der Waals surface area contributed by atoms with Gasteiger partial charge in [-0.05, 0) is 132 Å². The van der Waals surface area contributed by atoms with Crippen molar-refractivity contribution in [2.24, 2.45) is 0 Å². The molecule has 0 spiro atoms. The summed E-state index contributed by atoms with van der Waals surface area (Å²) < 4.78 is 2.45. The minimum absolute atomic E-state index is 1.09. The lowest BCUT2D eigenvalue weighted by Crippen LogP contribution is -2.10. The molecular weight excluding hydrogens is 821 g/mol. The van der Waals surface area contributed by atoms with E-state index in [9.17, 15) is 0 Å². The molecule has 0 bridgehead atoms. The van der Waals surface area contributed by atoms with E-state index in [2.05, 4.69) is 276 Å². The molecule has 2 nitrogen and oxygen atoms in total. The van der Waals surface area contributed by atoms with E-state index in [4.69, 9.17) is 0 Å². The molecule has 1 heterocycles. The number of nitrogens with zero attached hydrogens (tertiary/aromatic N) is 2. The van der Waals surface area contributed by atoms with Crippen molar-refractivity contribution in [3.63, 3.8) is 0 Å². The first-order chi connectivity index (χ1) is 33.7. The molecule has 12 aromatic carbocycles. The number of para-hydroxylation sites is 1. The summed E-state index contributed by atoms with van der Waals surface area (Å²) in [5.74, 6) is 0. The highest BCUT2D eigenvalue weighted by Crippen LogP contribution is 2.44. The molecule has 0 amide bonds. The largest absolute Gasteiger partial charge is 0.310 e. The number of aromatic nitrogens is 1. The summed E-state index contributed by atoms with van der Waals surface area (Å²) in [6.07, 6.45) is 0. The Balaban J connectivity index is 0.931. The maximum Gasteiger partial charge on any atom is 0.0619 e. The molecule has 1 aromatic heterocycles. The van der Waals surface area contributed by atoms with E-state index < -0.39 is 0 Å². The molecule has 0 aliphatic heterocycles. The summed E-state index contributed by atoms with van der Waals surface area (Å²) in [6.45, 7) is 0. The third-order valence-electron chi connectivity index (χ3n) is 13.8. The van der Waals surface area contributed by atoms with Crippen LogP contribution < -0.4 is 4.90 Å². The maximum absolute atomic E-state index is 2.45. The van der Waals surface area contributed by atoms with Crippen molar-refractivity contribution in [3.05, 3.63) is 267 Å². The molecule has 13 rings (SSSR count). The number of fused-ring (bicyclic) bond motifs is 8. The second-order valence-corrected chi connectivity index (χ2v) is 17.7. The molecule has 0 saturated heterocycles. The van der Waals surface area contributed by atoms with Crippen LogP contribution in [-0.4, -0.2) is 4.57 Å². The summed E-state index contributed by atoms with van der Waals surface area (Å²) in [7, 11) is 0. The summed E-state index contributed by atoms with van der Waals surface area (Å²) in [5.41, 5.74) is 16.4. The summed E-state index contributed by atoms with van der Waals surface area (Å²) >= 11 is 0. The fourth-order valence-corrected chi connectivity index (χ4v) is 10.5. The van der Waals surface area contributed by atoms with Gasteiger partial charge in [-0.25, -0.2) is 0 Å². The summed E-state index contributed by atoms with van der Waals surface area (Å²) in [6, 6.07) is 97.4. The fraction of sp³-hybridized carbons (Fsp3) is 0. The Morgan fingerprint density at radius 3 is 1.46 bits per heavy atom. The van der Waals surface area contributed by atoms with Crippen molar-refractivity contribution >= 4 is 71.2 Å². The van der Waals surface area contributed by atoms with Gasteiger partial charge in [0.25, 0.3) is 0 Å². The van der Waals surface area contributed by atoms with E-state index in [0.717, 1.165) is 28.3 Å². The van der Waals surface area contributed by atoms with Gasteiger partial charge in [-0.1, -0.05) is 206 Å². The van der Waals surface area contributed by atoms with E-state index in [0.29, 0.717) is 0 Å². The Bertz CT molecular complexity index is 3980. The monoisotopic (exact) mass is 864 g/mol. The quantitative estimate of drug-likeness (QED) is 0.138. The van der Waals surface area contributed by atoms with Gasteiger partial charge < -0.3 is 9.47 Å². The van der Waals surface area contributed by atoms with Crippen LogP contribution in [0.2, 0.25) is 0 Å². The van der Waals surface area contributed by atoms with Crippen molar-refractivity contribution in [2.75, 3.05) is 4.90 Å². The second kappa shape index (κ2) is 16.5. The first-order valence-corrected chi connectivity index (χ1v) is 23.4. The third kappa shape index (κ3) is 6.82. The number of hydrogen-bond acceptors (Lipinski definition) is 1. The number of hydrogen-bond donors (Lipinski definition) is 0. The molecule has 13 aromatic rings. The van der Waals surface area contributed by atoms with Gasteiger partial charge in [0.2, 0.25) is 0 Å². The molecule has 0 aliphatic carbocycles. The highest BCUT2D eigenvalue weighted by atomic mass is 15.1. The molecule has 0 aliphatic rings. The van der Waals surface area contributed by atoms with Crippen LogP contribution >= 0.6 is 0 Å². The summed E-state index contributed by atoms with van der Waals surface area (Å²) in [5, 5.41) is 10.0. The fourth-order valence-electron chi connectivity index (χ4n) is 10.5. The van der Waals surface area contributed by atoms with E-state index in [1.807, 2.05) is 0 Å². The van der Waals surface area contributed by atoms with Gasteiger partial charge in [0, 0.05) is 38.9 Å². The zero-order chi connectivity index (χ0) is 45.0. The lowest BCUT2D eigenvalue weighted by atomic mass is 9.97. The van der Waals surface area contributed by atoms with Gasteiger partial charge in [0.05, 0.1) is 11.0 Å². The number of rotatable bonds is 8. The Morgan fingerprint density at radius 1 is 0.265 bits per heavy atom. The molecule has 0 atom stereocenters. The van der Waals surface area contributed by atoms with Gasteiger partial charge in [-0.2, -0.15) is 0 Å². The normalized spacial score (nSPS) is 11.5. The first-order valence-electron chi connectivity index (χ1n) is 23.4. The molecule has 0 radical (unpaired) electrons. The van der Waals surface area contributed by atoms with Gasteiger partial charge in [-0.3, -0.25) is 0 Å². The SMILES string of the molecule is c1ccc(-c2ccc(-c3ccc(N(c4ccc(-c5ccc6c(ccc7ccccc76)c5)cc4)c4cccc(-c5cccc6c5c5ccc7ccccc7c5n6-c5ccccc5)c4)cc3)cc2)cc1. The van der Waals surface area contributed by atoms with Crippen LogP contribution in [0.15, 0.2) is 267 Å². The smallest absolute Gasteiger partial charge is 0.0619 e. The minimum atomic E-state index is 1.09. The van der Waals surface area contributed by atoms with Crippen LogP contribution in [0.3, 0.4) is 0 Å². The predicted molar refractivity (Wildman–Crippen MR) is 290 cm³/mol. The predicted octanol–water partition coefficient (Wildman–Crippen LogP) is 18.4. The van der Waals surface area contributed by atoms with Gasteiger partial charge in [-0.15, -0.1) is 0 Å². The van der Waals surface area contributed by atoms with Crippen LogP contribution in [-0.2, 0) is 0 Å². The second-order valence-electron chi connectivity index (χ2n) is 17.7. The Labute approximate surface area is 395 Å². The van der Waals surface area contributed by atoms with Crippen molar-refractivity contribution in [3.8, 4) is 50.2 Å². The van der Waals surface area contributed by atoms with Crippen LogP contribution in [0.1, 0.15) is 0 Å². The zero-order valence-electron chi connectivity index (χ0n) is 37.3. The average Bonchev–Trinajstić information content (AvgIpc) is 3.77. The maximum atomic E-state index is 2.45. The van der Waals surface area contributed by atoms with Crippen molar-refractivity contribution in [1.82, 2.24) is 4.57 Å². The van der Waals surface area contributed by atoms with Gasteiger partial charge in [0.15, 0.2) is 0 Å². The molecule has 0 saturated carbocycles. The highest BCUT2D eigenvalue weighted by molar-refractivity contribution is 6.22. The molecule has 318 valence electrons. The van der Waals surface area contributed by atoms with Crippen LogP contribution in [0.25, 0.3) is 104 Å². The lowest BCUT2D eigenvalue weighted by Gasteiger charge is -2.26. The molecule has 68 heavy (non-hydrogen) atoms. The minimum Gasteiger partial charge on any atom is -0.310 e.